The molecule has 1 fully saturated rings. The van der Waals surface area contributed by atoms with E-state index in [0.29, 0.717) is 16.9 Å². The minimum atomic E-state index is -4.23. The number of fused-ring (bicyclic) bond motifs is 2. The number of benzene rings is 3. The first-order valence-electron chi connectivity index (χ1n) is 10.6. The third kappa shape index (κ3) is 3.01. The maximum Gasteiger partial charge on any atom is 0.274 e. The Kier molecular flexibility index (Phi) is 4.86. The van der Waals surface area contributed by atoms with Crippen molar-refractivity contribution in [2.24, 2.45) is 0 Å². The van der Waals surface area contributed by atoms with Gasteiger partial charge in [0.1, 0.15) is 11.6 Å². The first-order chi connectivity index (χ1) is 15.8. The minimum absolute atomic E-state index is 0.0261. The van der Waals surface area contributed by atoms with Gasteiger partial charge in [-0.05, 0) is 47.9 Å². The molecule has 1 spiro atoms. The minimum Gasteiger partial charge on any atom is -0.304 e. The van der Waals surface area contributed by atoms with Crippen LogP contribution >= 0.6 is 0 Å². The van der Waals surface area contributed by atoms with Crippen LogP contribution in [-0.2, 0) is 37.3 Å². The second kappa shape index (κ2) is 7.52. The van der Waals surface area contributed by atoms with E-state index in [-0.39, 0.29) is 12.1 Å². The molecule has 33 heavy (non-hydrogen) atoms. The Morgan fingerprint density at radius 2 is 1.67 bits per heavy atom. The highest BCUT2D eigenvalue weighted by atomic mass is 32.2. The van der Waals surface area contributed by atoms with Crippen LogP contribution in [0.3, 0.4) is 0 Å². The average molecular weight is 465 g/mol. The van der Waals surface area contributed by atoms with Crippen molar-refractivity contribution in [2.75, 3.05) is 15.6 Å². The number of halogens is 1. The first-order valence-corrected chi connectivity index (χ1v) is 12.2. The van der Waals surface area contributed by atoms with Crippen molar-refractivity contribution >= 4 is 33.0 Å². The van der Waals surface area contributed by atoms with E-state index in [0.717, 1.165) is 16.9 Å². The molecule has 6 nitrogen and oxygen atoms in total. The first kappa shape index (κ1) is 21.3. The lowest BCUT2D eigenvalue weighted by Crippen LogP contribution is -2.54. The van der Waals surface area contributed by atoms with Crippen LogP contribution in [0.15, 0.2) is 72.8 Å². The van der Waals surface area contributed by atoms with Crippen LogP contribution in [0.2, 0.25) is 0 Å². The molecular weight excluding hydrogens is 443 g/mol. The van der Waals surface area contributed by atoms with Crippen molar-refractivity contribution in [1.29, 1.82) is 0 Å². The average Bonchev–Trinajstić information content (AvgIpc) is 3.17. The fourth-order valence-corrected chi connectivity index (χ4v) is 6.78. The number of carbonyl (C=O) groups is 2. The topological polar surface area (TPSA) is 74.8 Å². The molecule has 0 saturated carbocycles. The number of aryl methyl sites for hydroxylation is 1. The number of anilines is 2. The summed E-state index contributed by atoms with van der Waals surface area (Å²) in [6, 6.07) is 19.3. The van der Waals surface area contributed by atoms with Gasteiger partial charge in [-0.2, -0.15) is 0 Å². The van der Waals surface area contributed by atoms with Gasteiger partial charge >= 0.3 is 0 Å². The summed E-state index contributed by atoms with van der Waals surface area (Å²) in [7, 11) is -4.23. The van der Waals surface area contributed by atoms with Gasteiger partial charge in [-0.3, -0.25) is 14.5 Å². The molecule has 0 bridgehead atoms. The maximum absolute atomic E-state index is 14.0. The fraction of sp³-hybridized carbons (Fsp3) is 0.200. The zero-order valence-electron chi connectivity index (χ0n) is 17.9. The Labute approximate surface area is 191 Å². The molecule has 2 heterocycles. The molecule has 3 aromatic rings. The Bertz CT molecular complexity index is 1390. The molecule has 2 amide bonds. The summed E-state index contributed by atoms with van der Waals surface area (Å²) in [6.45, 7) is 1.96. The molecule has 0 aromatic heterocycles. The van der Waals surface area contributed by atoms with Gasteiger partial charge in [0.05, 0.1) is 12.2 Å². The van der Waals surface area contributed by atoms with Gasteiger partial charge in [-0.15, -0.1) is 0 Å². The van der Waals surface area contributed by atoms with E-state index >= 15 is 0 Å². The lowest BCUT2D eigenvalue weighted by molar-refractivity contribution is -0.123. The van der Waals surface area contributed by atoms with Gasteiger partial charge in [-0.1, -0.05) is 49.4 Å². The molecular formula is C25H21FN2O4S. The Hall–Kier alpha value is -3.52. The summed E-state index contributed by atoms with van der Waals surface area (Å²) in [5.74, 6) is -2.62. The molecule has 2 aliphatic heterocycles. The number of para-hydroxylation sites is 1. The Morgan fingerprint density at radius 1 is 0.939 bits per heavy atom. The molecule has 1 atom stereocenters. The zero-order valence-corrected chi connectivity index (χ0v) is 18.7. The second-order valence-corrected chi connectivity index (χ2v) is 10.3. The van der Waals surface area contributed by atoms with E-state index in [9.17, 15) is 22.4 Å². The third-order valence-electron chi connectivity index (χ3n) is 6.26. The predicted octanol–water partition coefficient (Wildman–Crippen LogP) is 3.55. The summed E-state index contributed by atoms with van der Waals surface area (Å²) in [6.07, 6.45) is 0.779. The van der Waals surface area contributed by atoms with E-state index in [1.807, 2.05) is 19.1 Å². The number of sulfone groups is 1. The normalized spacial score (nSPS) is 21.2. The molecule has 3 aromatic carbocycles. The highest BCUT2D eigenvalue weighted by Crippen LogP contribution is 2.52. The van der Waals surface area contributed by atoms with Gasteiger partial charge < -0.3 is 4.90 Å². The number of carbonyl (C=O) groups excluding carboxylic acids is 2. The molecule has 2 aliphatic rings. The molecule has 5 rings (SSSR count). The second-order valence-electron chi connectivity index (χ2n) is 8.19. The highest BCUT2D eigenvalue weighted by Gasteiger charge is 2.69. The summed E-state index contributed by atoms with van der Waals surface area (Å²) >= 11 is 0. The standard InChI is InChI=1S/C25H21FN2O4S/c1-2-17-10-12-20(13-11-17)28-23(29)16-33(31,32)25(28)21-8-3-4-9-22(21)27(24(25)30)15-18-6-5-7-19(26)14-18/h3-14H,2,15-16H2,1H3. The van der Waals surface area contributed by atoms with Crippen LogP contribution in [-0.4, -0.2) is 26.0 Å². The van der Waals surface area contributed by atoms with E-state index in [2.05, 4.69) is 0 Å². The molecule has 0 N–H and O–H groups in total. The van der Waals surface area contributed by atoms with E-state index in [1.165, 1.54) is 23.1 Å². The van der Waals surface area contributed by atoms with Crippen LogP contribution in [0.25, 0.3) is 0 Å². The predicted molar refractivity (Wildman–Crippen MR) is 123 cm³/mol. The number of hydrogen-bond acceptors (Lipinski definition) is 4. The fourth-order valence-electron chi connectivity index (χ4n) is 4.75. The molecule has 8 heteroatoms. The summed E-state index contributed by atoms with van der Waals surface area (Å²) < 4.78 is 40.9. The highest BCUT2D eigenvalue weighted by molar-refractivity contribution is 7.94. The van der Waals surface area contributed by atoms with Crippen molar-refractivity contribution in [1.82, 2.24) is 0 Å². The quantitative estimate of drug-likeness (QED) is 0.592. The molecule has 0 aliphatic carbocycles. The smallest absolute Gasteiger partial charge is 0.274 e. The third-order valence-corrected chi connectivity index (χ3v) is 8.36. The van der Waals surface area contributed by atoms with E-state index in [4.69, 9.17) is 0 Å². The van der Waals surface area contributed by atoms with Crippen molar-refractivity contribution in [3.8, 4) is 0 Å². The molecule has 1 saturated heterocycles. The van der Waals surface area contributed by atoms with Crippen molar-refractivity contribution in [2.45, 2.75) is 24.8 Å². The largest absolute Gasteiger partial charge is 0.304 e. The van der Waals surface area contributed by atoms with Gasteiger partial charge in [0.2, 0.25) is 5.91 Å². The lowest BCUT2D eigenvalue weighted by atomic mass is 10.0. The van der Waals surface area contributed by atoms with E-state index < -0.39 is 38.1 Å². The van der Waals surface area contributed by atoms with Gasteiger partial charge in [0.25, 0.3) is 10.8 Å². The van der Waals surface area contributed by atoms with Gasteiger partial charge in [0, 0.05) is 11.3 Å². The number of hydrogen-bond donors (Lipinski definition) is 0. The molecule has 0 radical (unpaired) electrons. The summed E-state index contributed by atoms with van der Waals surface area (Å²) in [4.78, 5) is 27.4. The van der Waals surface area contributed by atoms with Gasteiger partial charge in [0.15, 0.2) is 9.84 Å². The molecule has 168 valence electrons. The molecule has 1 unspecified atom stereocenters. The SMILES string of the molecule is CCc1ccc(N2C(=O)CS(=O)(=O)C23C(=O)N(Cc2cccc(F)c2)c2ccccc23)cc1. The Morgan fingerprint density at radius 3 is 2.36 bits per heavy atom. The number of rotatable bonds is 4. The summed E-state index contributed by atoms with van der Waals surface area (Å²) in [5.41, 5.74) is 2.50. The lowest BCUT2D eigenvalue weighted by Gasteiger charge is -2.32. The van der Waals surface area contributed by atoms with Crippen LogP contribution in [0.1, 0.15) is 23.6 Å². The zero-order chi connectivity index (χ0) is 23.4. The monoisotopic (exact) mass is 464 g/mol. The van der Waals surface area contributed by atoms with Crippen LogP contribution in [0, 0.1) is 5.82 Å². The summed E-state index contributed by atoms with van der Waals surface area (Å²) in [5, 5.41) is 0. The van der Waals surface area contributed by atoms with Crippen molar-refractivity contribution < 1.29 is 22.4 Å². The van der Waals surface area contributed by atoms with Gasteiger partial charge in [-0.25, -0.2) is 12.8 Å². The van der Waals surface area contributed by atoms with Crippen LogP contribution in [0.5, 0.6) is 0 Å². The van der Waals surface area contributed by atoms with E-state index in [1.54, 1.807) is 42.5 Å². The van der Waals surface area contributed by atoms with Crippen molar-refractivity contribution in [3.63, 3.8) is 0 Å². The van der Waals surface area contributed by atoms with Crippen molar-refractivity contribution in [3.05, 3.63) is 95.3 Å². The number of amides is 2. The van der Waals surface area contributed by atoms with Crippen LogP contribution in [0.4, 0.5) is 15.8 Å². The van der Waals surface area contributed by atoms with Crippen LogP contribution < -0.4 is 9.80 Å². The number of nitrogens with zero attached hydrogens (tertiary/aromatic N) is 2. The Balaban J connectivity index is 1.71. The maximum atomic E-state index is 14.0.